The van der Waals surface area contributed by atoms with Gasteiger partial charge in [-0.15, -0.1) is 0 Å². The average molecular weight is 412 g/mol. The van der Waals surface area contributed by atoms with Gasteiger partial charge in [-0.2, -0.15) is 5.10 Å². The first-order valence-electron chi connectivity index (χ1n) is 8.17. The van der Waals surface area contributed by atoms with Gasteiger partial charge in [-0.3, -0.25) is 9.59 Å². The Balaban J connectivity index is 1.60. The summed E-state index contributed by atoms with van der Waals surface area (Å²) in [5.41, 5.74) is 0.603. The normalized spacial score (nSPS) is 15.6. The Morgan fingerprint density at radius 3 is 2.48 bits per heavy atom. The van der Waals surface area contributed by atoms with Gasteiger partial charge in [0.25, 0.3) is 5.56 Å². The first-order chi connectivity index (χ1) is 12.8. The molecular weight excluding hydrogens is 394 g/mol. The molecule has 2 heterocycles. The fourth-order valence-corrected chi connectivity index (χ4v) is 3.68. The second-order valence-corrected chi connectivity index (χ2v) is 8.16. The number of nitrogens with two attached hydrogens (primary N) is 1. The number of hydrogen-bond donors (Lipinski definition) is 3. The molecule has 0 spiro atoms. The average Bonchev–Trinajstić information content (AvgIpc) is 2.64. The van der Waals surface area contributed by atoms with Crippen LogP contribution >= 0.6 is 11.6 Å². The third-order valence-corrected chi connectivity index (χ3v) is 5.73. The molecule has 1 aromatic heterocycles. The van der Waals surface area contributed by atoms with E-state index in [-0.39, 0.29) is 21.7 Å². The molecule has 1 amide bonds. The second-order valence-electron chi connectivity index (χ2n) is 6.22. The minimum absolute atomic E-state index is 0.0165. The number of aromatic amines is 1. The van der Waals surface area contributed by atoms with Gasteiger partial charge in [0, 0.05) is 24.7 Å². The summed E-state index contributed by atoms with van der Waals surface area (Å²) < 4.78 is 22.5. The third-order valence-electron chi connectivity index (χ3n) is 4.43. The molecule has 144 valence electrons. The zero-order valence-electron chi connectivity index (χ0n) is 14.2. The van der Waals surface area contributed by atoms with Crippen molar-refractivity contribution in [3.05, 3.63) is 45.8 Å². The minimum atomic E-state index is -3.77. The van der Waals surface area contributed by atoms with Crippen molar-refractivity contribution in [1.82, 2.24) is 10.2 Å². The van der Waals surface area contributed by atoms with Crippen molar-refractivity contribution in [3.63, 3.8) is 0 Å². The highest BCUT2D eigenvalue weighted by Crippen LogP contribution is 2.27. The molecule has 9 nitrogen and oxygen atoms in total. The highest BCUT2D eigenvalue weighted by molar-refractivity contribution is 7.89. The number of nitrogens with one attached hydrogen (secondary N) is 2. The fourth-order valence-electron chi connectivity index (χ4n) is 2.95. The van der Waals surface area contributed by atoms with E-state index >= 15 is 0 Å². The molecule has 27 heavy (non-hydrogen) atoms. The summed E-state index contributed by atoms with van der Waals surface area (Å²) in [6, 6.07) is 5.67. The molecule has 0 saturated carbocycles. The lowest BCUT2D eigenvalue weighted by molar-refractivity contribution is -0.120. The van der Waals surface area contributed by atoms with Crippen LogP contribution in [0.5, 0.6) is 0 Å². The van der Waals surface area contributed by atoms with Gasteiger partial charge in [-0.05, 0) is 37.1 Å². The van der Waals surface area contributed by atoms with E-state index in [0.717, 1.165) is 0 Å². The topological polar surface area (TPSA) is 138 Å². The summed E-state index contributed by atoms with van der Waals surface area (Å²) in [7, 11) is -3.77. The van der Waals surface area contributed by atoms with Crippen molar-refractivity contribution in [2.45, 2.75) is 17.7 Å². The van der Waals surface area contributed by atoms with E-state index in [1.54, 1.807) is 0 Å². The Morgan fingerprint density at radius 2 is 1.89 bits per heavy atom. The lowest BCUT2D eigenvalue weighted by Crippen LogP contribution is -2.39. The summed E-state index contributed by atoms with van der Waals surface area (Å²) in [6.45, 7) is 1.13. The zero-order chi connectivity index (χ0) is 19.6. The van der Waals surface area contributed by atoms with Crippen molar-refractivity contribution in [2.75, 3.05) is 23.3 Å². The Labute approximate surface area is 160 Å². The molecule has 1 saturated heterocycles. The molecule has 1 aliphatic heterocycles. The standard InChI is InChI=1S/C16H18ClN5O4S/c17-14-13(9-19-21-16(14)24)22-7-5-10(6-8-22)15(23)20-11-1-3-12(4-2-11)27(18,25)26/h1-4,9-10H,5-8H2,(H,20,23)(H,21,24)(H2,18,25,26). The van der Waals surface area contributed by atoms with Gasteiger partial charge >= 0.3 is 0 Å². The molecule has 3 rings (SSSR count). The Hall–Kier alpha value is -2.43. The van der Waals surface area contributed by atoms with Crippen LogP contribution in [0.25, 0.3) is 0 Å². The van der Waals surface area contributed by atoms with Crippen LogP contribution in [0.15, 0.2) is 40.2 Å². The van der Waals surface area contributed by atoms with E-state index in [1.165, 1.54) is 30.5 Å². The number of amides is 1. The van der Waals surface area contributed by atoms with Crippen LogP contribution < -0.4 is 20.9 Å². The number of H-pyrrole nitrogens is 1. The first kappa shape index (κ1) is 19.3. The summed E-state index contributed by atoms with van der Waals surface area (Å²) in [5.74, 6) is -0.346. The van der Waals surface area contributed by atoms with Crippen molar-refractivity contribution >= 4 is 38.9 Å². The minimum Gasteiger partial charge on any atom is -0.369 e. The predicted octanol–water partition coefficient (Wildman–Crippen LogP) is 0.926. The van der Waals surface area contributed by atoms with Crippen LogP contribution in [0.3, 0.4) is 0 Å². The highest BCUT2D eigenvalue weighted by Gasteiger charge is 2.26. The van der Waals surface area contributed by atoms with Gasteiger partial charge < -0.3 is 10.2 Å². The molecule has 0 radical (unpaired) electrons. The SMILES string of the molecule is NS(=O)(=O)c1ccc(NC(=O)C2CCN(c3cn[nH]c(=O)c3Cl)CC2)cc1. The molecule has 1 aromatic carbocycles. The molecule has 0 bridgehead atoms. The molecule has 0 unspecified atom stereocenters. The lowest BCUT2D eigenvalue weighted by Gasteiger charge is -2.32. The van der Waals surface area contributed by atoms with E-state index in [9.17, 15) is 18.0 Å². The van der Waals surface area contributed by atoms with Crippen molar-refractivity contribution in [2.24, 2.45) is 11.1 Å². The van der Waals surface area contributed by atoms with Crippen LogP contribution in [0, 0.1) is 5.92 Å². The Kier molecular flexibility index (Phi) is 5.49. The number of carbonyl (C=O) groups excluding carboxylic acids is 1. The molecule has 11 heteroatoms. The molecule has 0 atom stereocenters. The predicted molar refractivity (Wildman–Crippen MR) is 101 cm³/mol. The molecule has 4 N–H and O–H groups in total. The highest BCUT2D eigenvalue weighted by atomic mass is 35.5. The summed E-state index contributed by atoms with van der Waals surface area (Å²) in [4.78, 5) is 25.9. The number of carbonyl (C=O) groups is 1. The number of halogens is 1. The van der Waals surface area contributed by atoms with Crippen LogP contribution in [0.1, 0.15) is 12.8 Å². The van der Waals surface area contributed by atoms with Gasteiger partial charge in [0.05, 0.1) is 16.8 Å². The molecule has 1 aliphatic rings. The Bertz CT molecular complexity index is 998. The number of anilines is 2. The van der Waals surface area contributed by atoms with Gasteiger partial charge in [0.15, 0.2) is 0 Å². The number of nitrogens with zero attached hydrogens (tertiary/aromatic N) is 2. The number of piperidine rings is 1. The van der Waals surface area contributed by atoms with Crippen LogP contribution in [-0.4, -0.2) is 37.6 Å². The van der Waals surface area contributed by atoms with Crippen molar-refractivity contribution in [3.8, 4) is 0 Å². The quantitative estimate of drug-likeness (QED) is 0.683. The van der Waals surface area contributed by atoms with Crippen molar-refractivity contribution in [1.29, 1.82) is 0 Å². The van der Waals surface area contributed by atoms with E-state index in [2.05, 4.69) is 15.5 Å². The van der Waals surface area contributed by atoms with Gasteiger partial charge in [-0.25, -0.2) is 18.7 Å². The van der Waals surface area contributed by atoms with E-state index in [1.807, 2.05) is 4.90 Å². The van der Waals surface area contributed by atoms with E-state index in [4.69, 9.17) is 16.7 Å². The molecule has 0 aliphatic carbocycles. The van der Waals surface area contributed by atoms with E-state index in [0.29, 0.717) is 37.3 Å². The Morgan fingerprint density at radius 1 is 1.26 bits per heavy atom. The molecular formula is C16H18ClN5O4S. The smallest absolute Gasteiger partial charge is 0.285 e. The number of benzene rings is 1. The number of aromatic nitrogens is 2. The maximum atomic E-state index is 12.4. The van der Waals surface area contributed by atoms with Gasteiger partial charge in [-0.1, -0.05) is 11.6 Å². The summed E-state index contributed by atoms with van der Waals surface area (Å²) >= 11 is 6.02. The third kappa shape index (κ3) is 4.46. The number of primary sulfonamides is 1. The maximum Gasteiger partial charge on any atom is 0.285 e. The zero-order valence-corrected chi connectivity index (χ0v) is 15.8. The van der Waals surface area contributed by atoms with Gasteiger partial charge in [0.1, 0.15) is 5.02 Å². The molecule has 2 aromatic rings. The summed E-state index contributed by atoms with van der Waals surface area (Å²) in [6.07, 6.45) is 2.67. The largest absolute Gasteiger partial charge is 0.369 e. The lowest BCUT2D eigenvalue weighted by atomic mass is 9.95. The number of rotatable bonds is 4. The number of sulfonamides is 1. The molecule has 1 fully saturated rings. The van der Waals surface area contributed by atoms with Crippen LogP contribution in [0.2, 0.25) is 5.02 Å². The van der Waals surface area contributed by atoms with Crippen LogP contribution in [-0.2, 0) is 14.8 Å². The summed E-state index contributed by atoms with van der Waals surface area (Å²) in [5, 5.41) is 13.9. The fraction of sp³-hybridized carbons (Fsp3) is 0.312. The second kappa shape index (κ2) is 7.67. The van der Waals surface area contributed by atoms with Crippen LogP contribution in [0.4, 0.5) is 11.4 Å². The monoisotopic (exact) mass is 411 g/mol. The maximum absolute atomic E-state index is 12.4. The van der Waals surface area contributed by atoms with E-state index < -0.39 is 15.6 Å². The first-order valence-corrected chi connectivity index (χ1v) is 10.1. The number of hydrogen-bond acceptors (Lipinski definition) is 6. The van der Waals surface area contributed by atoms with Gasteiger partial charge in [0.2, 0.25) is 15.9 Å². The van der Waals surface area contributed by atoms with Crippen molar-refractivity contribution < 1.29 is 13.2 Å².